The van der Waals surface area contributed by atoms with E-state index in [-0.39, 0.29) is 11.3 Å². The molecule has 1 heterocycles. The van der Waals surface area contributed by atoms with Crippen molar-refractivity contribution in [1.29, 1.82) is 0 Å². The second kappa shape index (κ2) is 3.06. The lowest BCUT2D eigenvalue weighted by atomic mass is 10.0. The number of aliphatic imine (C=N–C) groups is 1. The zero-order valence-electron chi connectivity index (χ0n) is 7.23. The van der Waals surface area contributed by atoms with E-state index in [0.717, 1.165) is 0 Å². The highest BCUT2D eigenvalue weighted by Crippen LogP contribution is 2.24. The molecule has 1 aromatic carbocycles. The van der Waals surface area contributed by atoms with Gasteiger partial charge in [-0.3, -0.25) is 9.79 Å². The molecule has 0 radical (unpaired) electrons. The Balaban J connectivity index is 2.56. The molecule has 0 saturated heterocycles. The molecule has 0 fully saturated rings. The van der Waals surface area contributed by atoms with Crippen molar-refractivity contribution in [1.82, 2.24) is 0 Å². The number of carboxylic acid groups (broad SMARTS) is 1. The zero-order chi connectivity index (χ0) is 10.1. The molecule has 0 saturated carbocycles. The van der Waals surface area contributed by atoms with Gasteiger partial charge < -0.3 is 5.11 Å². The van der Waals surface area contributed by atoms with E-state index in [4.69, 9.17) is 5.11 Å². The number of rotatable bonds is 1. The van der Waals surface area contributed by atoms with Crippen molar-refractivity contribution in [3.05, 3.63) is 29.3 Å². The highest BCUT2D eigenvalue weighted by atomic mass is 16.4. The maximum atomic E-state index is 11.3. The topological polar surface area (TPSA) is 66.7 Å². The van der Waals surface area contributed by atoms with Gasteiger partial charge in [0, 0.05) is 18.2 Å². The highest BCUT2D eigenvalue weighted by molar-refractivity contribution is 6.10. The number of ketones is 1. The summed E-state index contributed by atoms with van der Waals surface area (Å²) in [6.45, 7) is 0. The second-order valence-corrected chi connectivity index (χ2v) is 2.98. The first-order chi connectivity index (χ1) is 6.68. The summed E-state index contributed by atoms with van der Waals surface area (Å²) in [5.74, 6) is -1.03. The first kappa shape index (κ1) is 8.62. The van der Waals surface area contributed by atoms with Crippen LogP contribution in [0.5, 0.6) is 0 Å². The first-order valence-electron chi connectivity index (χ1n) is 4.11. The summed E-state index contributed by atoms with van der Waals surface area (Å²) in [6.07, 6.45) is 1.79. The van der Waals surface area contributed by atoms with Crippen molar-refractivity contribution in [3.63, 3.8) is 0 Å². The number of carbonyl (C=O) groups excluding carboxylic acids is 1. The van der Waals surface area contributed by atoms with E-state index in [9.17, 15) is 9.59 Å². The van der Waals surface area contributed by atoms with Gasteiger partial charge in [0.15, 0.2) is 5.78 Å². The molecule has 1 N–H and O–H groups in total. The quantitative estimate of drug-likeness (QED) is 0.730. The van der Waals surface area contributed by atoms with Gasteiger partial charge in [0.1, 0.15) is 0 Å². The average Bonchev–Trinajstić information content (AvgIpc) is 2.17. The van der Waals surface area contributed by atoms with Crippen LogP contribution in [0, 0.1) is 0 Å². The van der Waals surface area contributed by atoms with Crippen LogP contribution in [-0.2, 0) is 0 Å². The van der Waals surface area contributed by atoms with Crippen molar-refractivity contribution in [3.8, 4) is 0 Å². The van der Waals surface area contributed by atoms with Crippen molar-refractivity contribution < 1.29 is 14.7 Å². The number of benzene rings is 1. The Morgan fingerprint density at radius 2 is 2.21 bits per heavy atom. The molecule has 0 aromatic heterocycles. The molecule has 0 atom stereocenters. The molecule has 4 heteroatoms. The summed E-state index contributed by atoms with van der Waals surface area (Å²) in [6, 6.07) is 4.34. The lowest BCUT2D eigenvalue weighted by molar-refractivity contribution is 0.0696. The van der Waals surface area contributed by atoms with Crippen LogP contribution >= 0.6 is 0 Å². The van der Waals surface area contributed by atoms with Crippen molar-refractivity contribution in [2.75, 3.05) is 0 Å². The smallest absolute Gasteiger partial charge is 0.335 e. The van der Waals surface area contributed by atoms with Gasteiger partial charge in [-0.05, 0) is 18.2 Å². The summed E-state index contributed by atoms with van der Waals surface area (Å²) in [5.41, 5.74) is 1.09. The summed E-state index contributed by atoms with van der Waals surface area (Å²) < 4.78 is 0. The molecule has 0 amide bonds. The number of fused-ring (bicyclic) bond motifs is 1. The minimum absolute atomic E-state index is 0.0214. The summed E-state index contributed by atoms with van der Waals surface area (Å²) in [5, 5.41) is 8.72. The Hall–Kier alpha value is -1.97. The largest absolute Gasteiger partial charge is 0.478 e. The van der Waals surface area contributed by atoms with Crippen molar-refractivity contribution in [2.45, 2.75) is 6.42 Å². The summed E-state index contributed by atoms with van der Waals surface area (Å²) in [4.78, 5) is 25.9. The van der Waals surface area contributed by atoms with Crippen LogP contribution in [0.25, 0.3) is 0 Å². The van der Waals surface area contributed by atoms with Crippen molar-refractivity contribution >= 4 is 23.7 Å². The Morgan fingerprint density at radius 1 is 1.43 bits per heavy atom. The van der Waals surface area contributed by atoms with Gasteiger partial charge in [0.25, 0.3) is 0 Å². The highest BCUT2D eigenvalue weighted by Gasteiger charge is 2.15. The monoisotopic (exact) mass is 189 g/mol. The van der Waals surface area contributed by atoms with E-state index in [1.165, 1.54) is 24.4 Å². The van der Waals surface area contributed by atoms with E-state index in [1.54, 1.807) is 0 Å². The molecule has 4 nitrogen and oxygen atoms in total. The third kappa shape index (κ3) is 1.31. The number of carboxylic acids is 1. The van der Waals surface area contributed by atoms with Gasteiger partial charge >= 0.3 is 5.97 Å². The van der Waals surface area contributed by atoms with Crippen LogP contribution in [0.2, 0.25) is 0 Å². The van der Waals surface area contributed by atoms with Crippen molar-refractivity contribution in [2.24, 2.45) is 4.99 Å². The van der Waals surface area contributed by atoms with Crippen LogP contribution in [-0.4, -0.2) is 23.1 Å². The fraction of sp³-hybridized carbons (Fsp3) is 0.100. The number of carbonyl (C=O) groups is 2. The molecular weight excluding hydrogens is 182 g/mol. The third-order valence-electron chi connectivity index (χ3n) is 2.05. The lowest BCUT2D eigenvalue weighted by Crippen LogP contribution is -2.06. The van der Waals surface area contributed by atoms with Crippen LogP contribution in [0.15, 0.2) is 23.2 Å². The Kier molecular flexibility index (Phi) is 1.89. The molecule has 0 unspecified atom stereocenters. The van der Waals surface area contributed by atoms with Gasteiger partial charge in [-0.1, -0.05) is 0 Å². The molecule has 0 spiro atoms. The number of hydrogen-bond donors (Lipinski definition) is 1. The standard InChI is InChI=1S/C10H7NO3/c12-9-3-4-11-8-5-6(10(13)14)1-2-7(8)9/h1-2,4-5H,3H2,(H,13,14). The SMILES string of the molecule is O=C(O)c1ccc2c(c1)N=CCC2=O. The Morgan fingerprint density at radius 3 is 2.93 bits per heavy atom. The first-order valence-corrected chi connectivity index (χ1v) is 4.11. The predicted octanol–water partition coefficient (Wildman–Crippen LogP) is 1.67. The second-order valence-electron chi connectivity index (χ2n) is 2.98. The molecule has 0 aliphatic carbocycles. The zero-order valence-corrected chi connectivity index (χ0v) is 7.23. The molecule has 1 aliphatic rings. The van der Waals surface area contributed by atoms with E-state index in [0.29, 0.717) is 17.7 Å². The summed E-state index contributed by atoms with van der Waals surface area (Å²) >= 11 is 0. The van der Waals surface area contributed by atoms with Crippen LogP contribution < -0.4 is 0 Å². The molecular formula is C10H7NO3. The Labute approximate surface area is 79.9 Å². The molecule has 2 rings (SSSR count). The fourth-order valence-electron chi connectivity index (χ4n) is 1.34. The normalized spacial score (nSPS) is 13.9. The Bertz CT molecular complexity index is 449. The van der Waals surface area contributed by atoms with E-state index in [2.05, 4.69) is 4.99 Å². The van der Waals surface area contributed by atoms with Gasteiger partial charge in [-0.15, -0.1) is 0 Å². The maximum Gasteiger partial charge on any atom is 0.335 e. The molecule has 0 bridgehead atoms. The number of Topliss-reactive ketones (excluding diaryl/α,β-unsaturated/α-hetero) is 1. The predicted molar refractivity (Wildman–Crippen MR) is 50.5 cm³/mol. The maximum absolute atomic E-state index is 11.3. The van der Waals surface area contributed by atoms with Gasteiger partial charge in [-0.25, -0.2) is 4.79 Å². The summed E-state index contributed by atoms with van der Waals surface area (Å²) in [7, 11) is 0. The molecule has 1 aromatic rings. The third-order valence-corrected chi connectivity index (χ3v) is 2.05. The van der Waals surface area contributed by atoms with E-state index < -0.39 is 5.97 Å². The fourth-order valence-corrected chi connectivity index (χ4v) is 1.34. The van der Waals surface area contributed by atoms with Crippen LogP contribution in [0.4, 0.5) is 5.69 Å². The van der Waals surface area contributed by atoms with Gasteiger partial charge in [0.2, 0.25) is 0 Å². The van der Waals surface area contributed by atoms with E-state index >= 15 is 0 Å². The molecule has 70 valence electrons. The minimum atomic E-state index is -1.01. The number of nitrogens with zero attached hydrogens (tertiary/aromatic N) is 1. The van der Waals surface area contributed by atoms with Crippen LogP contribution in [0.3, 0.4) is 0 Å². The molecule has 14 heavy (non-hydrogen) atoms. The number of aromatic carboxylic acids is 1. The average molecular weight is 189 g/mol. The molecule has 1 aliphatic heterocycles. The van der Waals surface area contributed by atoms with Gasteiger partial charge in [-0.2, -0.15) is 0 Å². The van der Waals surface area contributed by atoms with Crippen LogP contribution in [0.1, 0.15) is 27.1 Å². The number of hydrogen-bond acceptors (Lipinski definition) is 3. The lowest BCUT2D eigenvalue weighted by Gasteiger charge is -2.08. The van der Waals surface area contributed by atoms with E-state index in [1.807, 2.05) is 0 Å². The van der Waals surface area contributed by atoms with Gasteiger partial charge in [0.05, 0.1) is 11.3 Å². The minimum Gasteiger partial charge on any atom is -0.478 e.